The minimum Gasteiger partial charge on any atom is -0.459 e. The van der Waals surface area contributed by atoms with E-state index in [2.05, 4.69) is 10.1 Å². The van der Waals surface area contributed by atoms with Gasteiger partial charge in [-0.15, -0.1) is 0 Å². The number of carbonyl (C=O) groups is 1. The molecule has 2 aromatic heterocycles. The first kappa shape index (κ1) is 18.7. The van der Waals surface area contributed by atoms with E-state index in [9.17, 15) is 4.79 Å². The summed E-state index contributed by atoms with van der Waals surface area (Å²) in [5, 5.41) is 4.42. The molecule has 6 nitrogen and oxygen atoms in total. The van der Waals surface area contributed by atoms with Gasteiger partial charge >= 0.3 is 5.97 Å². The predicted octanol–water partition coefficient (Wildman–Crippen LogP) is 4.51. The van der Waals surface area contributed by atoms with Crippen molar-refractivity contribution < 1.29 is 13.9 Å². The van der Waals surface area contributed by atoms with Gasteiger partial charge in [-0.05, 0) is 25.1 Å². The Morgan fingerprint density at radius 1 is 1.07 bits per heavy atom. The second kappa shape index (κ2) is 8.56. The van der Waals surface area contributed by atoms with E-state index in [4.69, 9.17) is 9.15 Å². The van der Waals surface area contributed by atoms with Crippen LogP contribution in [0.25, 0.3) is 17.0 Å². The number of ether oxygens (including phenoxy) is 1. The van der Waals surface area contributed by atoms with E-state index >= 15 is 0 Å². The lowest BCUT2D eigenvalue weighted by Gasteiger charge is -2.02. The number of aromatic nitrogens is 3. The number of para-hydroxylation sites is 1. The maximum atomic E-state index is 12.1. The van der Waals surface area contributed by atoms with Crippen molar-refractivity contribution in [2.75, 3.05) is 0 Å². The molecule has 0 unspecified atom stereocenters. The Morgan fingerprint density at radius 2 is 1.86 bits per heavy atom. The summed E-state index contributed by atoms with van der Waals surface area (Å²) in [4.78, 5) is 16.3. The topological polar surface area (TPSA) is 70.2 Å². The molecule has 0 fully saturated rings. The van der Waals surface area contributed by atoms with Crippen molar-refractivity contribution >= 4 is 5.97 Å². The highest BCUT2D eigenvalue weighted by atomic mass is 16.5. The fourth-order valence-electron chi connectivity index (χ4n) is 2.88. The van der Waals surface area contributed by atoms with Crippen molar-refractivity contribution in [2.45, 2.75) is 26.4 Å². The first-order valence-corrected chi connectivity index (χ1v) is 9.45. The van der Waals surface area contributed by atoms with Gasteiger partial charge in [-0.25, -0.2) is 9.67 Å². The Kier molecular flexibility index (Phi) is 5.52. The van der Waals surface area contributed by atoms with Gasteiger partial charge < -0.3 is 9.15 Å². The molecule has 0 amide bonds. The van der Waals surface area contributed by atoms with Crippen LogP contribution in [0.5, 0.6) is 0 Å². The fourth-order valence-corrected chi connectivity index (χ4v) is 2.88. The molecule has 0 radical (unpaired) electrons. The molecule has 0 aliphatic heterocycles. The number of oxazole rings is 1. The molecule has 0 bridgehead atoms. The van der Waals surface area contributed by atoms with Crippen LogP contribution in [0.15, 0.2) is 77.5 Å². The Balaban J connectivity index is 1.27. The van der Waals surface area contributed by atoms with E-state index in [-0.39, 0.29) is 19.0 Å². The van der Waals surface area contributed by atoms with Crippen molar-refractivity contribution in [3.8, 4) is 17.0 Å². The Hall–Kier alpha value is -3.67. The maximum absolute atomic E-state index is 12.1. The predicted molar refractivity (Wildman–Crippen MR) is 108 cm³/mol. The summed E-state index contributed by atoms with van der Waals surface area (Å²) in [6.07, 6.45) is 4.12. The lowest BCUT2D eigenvalue weighted by atomic mass is 10.1. The molecule has 4 rings (SSSR count). The Bertz CT molecular complexity index is 1080. The van der Waals surface area contributed by atoms with Crippen LogP contribution in [-0.2, 0) is 22.6 Å². The molecule has 0 aliphatic carbocycles. The molecule has 0 aliphatic rings. The third kappa shape index (κ3) is 4.79. The molecule has 0 atom stereocenters. The van der Waals surface area contributed by atoms with Gasteiger partial charge in [0, 0.05) is 18.2 Å². The molecular weight excluding hydrogens is 366 g/mol. The number of nitrogens with zero attached hydrogens (tertiary/aromatic N) is 3. The number of hydrogen-bond donors (Lipinski definition) is 0. The highest BCUT2D eigenvalue weighted by molar-refractivity contribution is 5.69. The zero-order valence-electron chi connectivity index (χ0n) is 16.1. The van der Waals surface area contributed by atoms with E-state index in [1.807, 2.05) is 73.8 Å². The van der Waals surface area contributed by atoms with E-state index < -0.39 is 0 Å². The first-order chi connectivity index (χ1) is 14.2. The average molecular weight is 387 g/mol. The molecule has 2 heterocycles. The van der Waals surface area contributed by atoms with Crippen LogP contribution < -0.4 is 0 Å². The summed E-state index contributed by atoms with van der Waals surface area (Å²) in [7, 11) is 0. The summed E-state index contributed by atoms with van der Waals surface area (Å²) in [5.74, 6) is 0.903. The van der Waals surface area contributed by atoms with E-state index in [1.54, 1.807) is 10.9 Å². The molecule has 0 N–H and O–H groups in total. The van der Waals surface area contributed by atoms with Gasteiger partial charge in [0.2, 0.25) is 0 Å². The minimum absolute atomic E-state index is 0.138. The fraction of sp³-hybridized carbons (Fsp3) is 0.174. The third-order valence-electron chi connectivity index (χ3n) is 4.48. The van der Waals surface area contributed by atoms with Gasteiger partial charge in [0.15, 0.2) is 11.7 Å². The highest BCUT2D eigenvalue weighted by Gasteiger charge is 2.11. The number of esters is 1. The number of benzene rings is 2. The molecule has 146 valence electrons. The van der Waals surface area contributed by atoms with Gasteiger partial charge in [-0.1, -0.05) is 48.0 Å². The van der Waals surface area contributed by atoms with Crippen molar-refractivity contribution in [3.63, 3.8) is 0 Å². The van der Waals surface area contributed by atoms with Gasteiger partial charge in [0.1, 0.15) is 12.3 Å². The molecule has 0 saturated carbocycles. The number of hydrogen-bond acceptors (Lipinski definition) is 5. The van der Waals surface area contributed by atoms with Crippen molar-refractivity contribution in [2.24, 2.45) is 0 Å². The standard InChI is InChI=1S/C23H21N3O3/c1-17-7-9-18(10-8-17)21-15-24-22(29-21)11-12-23(27)28-16-19-13-14-26(25-19)20-5-3-2-4-6-20/h2-10,13-15H,11-12,16H2,1H3. The lowest BCUT2D eigenvalue weighted by molar-refractivity contribution is -0.145. The second-order valence-corrected chi connectivity index (χ2v) is 6.73. The summed E-state index contributed by atoms with van der Waals surface area (Å²) >= 11 is 0. The average Bonchev–Trinajstić information content (AvgIpc) is 3.42. The van der Waals surface area contributed by atoms with Crippen LogP contribution in [-0.4, -0.2) is 20.7 Å². The van der Waals surface area contributed by atoms with Crippen LogP contribution in [0.4, 0.5) is 0 Å². The smallest absolute Gasteiger partial charge is 0.306 e. The van der Waals surface area contributed by atoms with Crippen molar-refractivity contribution in [3.05, 3.63) is 90.2 Å². The van der Waals surface area contributed by atoms with Crippen LogP contribution in [0.1, 0.15) is 23.6 Å². The summed E-state index contributed by atoms with van der Waals surface area (Å²) in [6.45, 7) is 2.17. The van der Waals surface area contributed by atoms with E-state index in [0.717, 1.165) is 11.3 Å². The Labute approximate surface area is 168 Å². The van der Waals surface area contributed by atoms with Gasteiger partial charge in [0.05, 0.1) is 18.3 Å². The largest absolute Gasteiger partial charge is 0.459 e. The highest BCUT2D eigenvalue weighted by Crippen LogP contribution is 2.21. The maximum Gasteiger partial charge on any atom is 0.306 e. The molecule has 2 aromatic carbocycles. The zero-order valence-corrected chi connectivity index (χ0v) is 16.1. The number of rotatable bonds is 7. The molecule has 0 spiro atoms. The number of aryl methyl sites for hydroxylation is 2. The normalized spacial score (nSPS) is 10.8. The van der Waals surface area contributed by atoms with Crippen LogP contribution in [0.3, 0.4) is 0 Å². The summed E-state index contributed by atoms with van der Waals surface area (Å²) in [6, 6.07) is 19.6. The van der Waals surface area contributed by atoms with E-state index in [0.29, 0.717) is 23.8 Å². The zero-order chi connectivity index (χ0) is 20.1. The number of carbonyl (C=O) groups excluding carboxylic acids is 1. The van der Waals surface area contributed by atoms with Crippen LogP contribution in [0, 0.1) is 6.92 Å². The Morgan fingerprint density at radius 3 is 2.66 bits per heavy atom. The molecule has 0 saturated heterocycles. The van der Waals surface area contributed by atoms with Gasteiger partial charge in [0.25, 0.3) is 0 Å². The minimum atomic E-state index is -0.311. The molecular formula is C23H21N3O3. The third-order valence-corrected chi connectivity index (χ3v) is 4.48. The van der Waals surface area contributed by atoms with Crippen molar-refractivity contribution in [1.29, 1.82) is 0 Å². The summed E-state index contributed by atoms with van der Waals surface area (Å²) < 4.78 is 12.8. The second-order valence-electron chi connectivity index (χ2n) is 6.73. The first-order valence-electron chi connectivity index (χ1n) is 9.45. The quantitative estimate of drug-likeness (QED) is 0.436. The van der Waals surface area contributed by atoms with Gasteiger partial charge in [-0.3, -0.25) is 4.79 Å². The molecule has 29 heavy (non-hydrogen) atoms. The summed E-state index contributed by atoms with van der Waals surface area (Å²) in [5.41, 5.74) is 3.80. The van der Waals surface area contributed by atoms with E-state index in [1.165, 1.54) is 5.56 Å². The monoisotopic (exact) mass is 387 g/mol. The van der Waals surface area contributed by atoms with Crippen LogP contribution in [0.2, 0.25) is 0 Å². The molecule has 4 aromatic rings. The van der Waals surface area contributed by atoms with Gasteiger partial charge in [-0.2, -0.15) is 5.10 Å². The molecule has 6 heteroatoms. The van der Waals surface area contributed by atoms with Crippen molar-refractivity contribution in [1.82, 2.24) is 14.8 Å². The lowest BCUT2D eigenvalue weighted by Crippen LogP contribution is -2.06. The SMILES string of the molecule is Cc1ccc(-c2cnc(CCC(=O)OCc3ccn(-c4ccccc4)n3)o2)cc1. The van der Waals surface area contributed by atoms with Crippen LogP contribution >= 0.6 is 0 Å².